The minimum atomic E-state index is -1.07. The van der Waals surface area contributed by atoms with Gasteiger partial charge in [0.15, 0.2) is 0 Å². The number of nitrogen functional groups attached to an aromatic ring is 1. The van der Waals surface area contributed by atoms with Crippen LogP contribution in [-0.2, 0) is 9.53 Å². The van der Waals surface area contributed by atoms with Crippen LogP contribution in [0.25, 0.3) is 0 Å². The minimum Gasteiger partial charge on any atom is -0.478 e. The number of nitrogens with one attached hydrogen (secondary N) is 1. The number of rotatable bonds is 5. The number of nitrogens with two attached hydrogens (primary N) is 1. The molecule has 92 valence electrons. The average Bonchev–Trinajstić information content (AvgIpc) is 2.28. The molecule has 0 aliphatic rings. The van der Waals surface area contributed by atoms with E-state index in [1.165, 1.54) is 18.2 Å². The standard InChI is InChI=1S/C11H14N2O4/c1-2-17-6-10(14)13-9-4-3-7(11(15)16)5-8(9)12/h3-5H,2,6,12H2,1H3,(H,13,14)(H,15,16). The number of carboxylic acid groups (broad SMARTS) is 1. The summed E-state index contributed by atoms with van der Waals surface area (Å²) >= 11 is 0. The van der Waals surface area contributed by atoms with Crippen molar-refractivity contribution >= 4 is 23.3 Å². The number of hydrogen-bond acceptors (Lipinski definition) is 4. The van der Waals surface area contributed by atoms with Gasteiger partial charge < -0.3 is 20.9 Å². The van der Waals surface area contributed by atoms with Crippen molar-refractivity contribution in [3.05, 3.63) is 23.8 Å². The van der Waals surface area contributed by atoms with E-state index in [0.29, 0.717) is 12.3 Å². The lowest BCUT2D eigenvalue weighted by Crippen LogP contribution is -2.19. The Balaban J connectivity index is 2.72. The predicted octanol–water partition coefficient (Wildman–Crippen LogP) is 0.942. The minimum absolute atomic E-state index is 0.0589. The van der Waals surface area contributed by atoms with Crippen molar-refractivity contribution in [1.82, 2.24) is 0 Å². The smallest absolute Gasteiger partial charge is 0.335 e. The number of anilines is 2. The van der Waals surface area contributed by atoms with Crippen molar-refractivity contribution in [2.45, 2.75) is 6.92 Å². The summed E-state index contributed by atoms with van der Waals surface area (Å²) in [5.41, 5.74) is 6.27. The van der Waals surface area contributed by atoms with Crippen molar-refractivity contribution in [2.75, 3.05) is 24.3 Å². The van der Waals surface area contributed by atoms with E-state index in [1.54, 1.807) is 6.92 Å². The summed E-state index contributed by atoms with van der Waals surface area (Å²) in [7, 11) is 0. The van der Waals surface area contributed by atoms with Gasteiger partial charge in [0, 0.05) is 6.61 Å². The lowest BCUT2D eigenvalue weighted by molar-refractivity contribution is -0.120. The van der Waals surface area contributed by atoms with Gasteiger partial charge in [-0.3, -0.25) is 4.79 Å². The summed E-state index contributed by atoms with van der Waals surface area (Å²) < 4.78 is 4.92. The van der Waals surface area contributed by atoms with Gasteiger partial charge in [0.2, 0.25) is 5.91 Å². The topological polar surface area (TPSA) is 102 Å². The van der Waals surface area contributed by atoms with Crippen LogP contribution in [-0.4, -0.2) is 30.2 Å². The first kappa shape index (κ1) is 13.0. The fourth-order valence-corrected chi connectivity index (χ4v) is 1.19. The van der Waals surface area contributed by atoms with Crippen molar-refractivity contribution in [3.63, 3.8) is 0 Å². The van der Waals surface area contributed by atoms with Gasteiger partial charge in [0.25, 0.3) is 0 Å². The number of aromatic carboxylic acids is 1. The Hall–Kier alpha value is -2.08. The molecule has 1 aromatic rings. The van der Waals surface area contributed by atoms with Crippen molar-refractivity contribution in [2.24, 2.45) is 0 Å². The van der Waals surface area contributed by atoms with Crippen LogP contribution in [0, 0.1) is 0 Å². The first-order valence-electron chi connectivity index (χ1n) is 5.05. The molecule has 4 N–H and O–H groups in total. The molecule has 1 rings (SSSR count). The SMILES string of the molecule is CCOCC(=O)Nc1ccc(C(=O)O)cc1N. The molecule has 0 unspecified atom stereocenters. The summed E-state index contributed by atoms with van der Waals surface area (Å²) in [6.45, 7) is 2.17. The van der Waals surface area contributed by atoms with Crippen LogP contribution >= 0.6 is 0 Å². The Morgan fingerprint density at radius 3 is 2.71 bits per heavy atom. The van der Waals surface area contributed by atoms with E-state index in [-0.39, 0.29) is 23.8 Å². The number of carbonyl (C=O) groups excluding carboxylic acids is 1. The highest BCUT2D eigenvalue weighted by atomic mass is 16.5. The number of benzene rings is 1. The van der Waals surface area contributed by atoms with Crippen LogP contribution in [0.2, 0.25) is 0 Å². The Bertz CT molecular complexity index is 431. The Labute approximate surface area is 98.4 Å². The Kier molecular flexibility index (Phi) is 4.47. The van der Waals surface area contributed by atoms with Gasteiger partial charge in [-0.2, -0.15) is 0 Å². The number of ether oxygens (including phenoxy) is 1. The number of amides is 1. The molecule has 0 heterocycles. The van der Waals surface area contributed by atoms with Crippen LogP contribution in [0.15, 0.2) is 18.2 Å². The summed E-state index contributed by atoms with van der Waals surface area (Å²) in [5.74, 6) is -1.40. The largest absolute Gasteiger partial charge is 0.478 e. The maximum atomic E-state index is 11.3. The Morgan fingerprint density at radius 1 is 1.47 bits per heavy atom. The van der Waals surface area contributed by atoms with E-state index < -0.39 is 5.97 Å². The lowest BCUT2D eigenvalue weighted by atomic mass is 10.2. The average molecular weight is 238 g/mol. The first-order valence-corrected chi connectivity index (χ1v) is 5.05. The molecule has 17 heavy (non-hydrogen) atoms. The number of hydrogen-bond donors (Lipinski definition) is 3. The lowest BCUT2D eigenvalue weighted by Gasteiger charge is -2.08. The molecule has 0 aliphatic heterocycles. The van der Waals surface area contributed by atoms with Gasteiger partial charge in [-0.05, 0) is 25.1 Å². The van der Waals surface area contributed by atoms with E-state index in [1.807, 2.05) is 0 Å². The normalized spacial score (nSPS) is 9.94. The number of carbonyl (C=O) groups is 2. The van der Waals surface area contributed by atoms with Gasteiger partial charge in [0.05, 0.1) is 16.9 Å². The molecule has 6 heteroatoms. The third kappa shape index (κ3) is 3.76. The second kappa shape index (κ2) is 5.86. The van der Waals surface area contributed by atoms with E-state index in [4.69, 9.17) is 15.6 Å². The van der Waals surface area contributed by atoms with E-state index in [2.05, 4.69) is 5.32 Å². The zero-order chi connectivity index (χ0) is 12.8. The molecule has 0 fully saturated rings. The molecular formula is C11H14N2O4. The van der Waals surface area contributed by atoms with Gasteiger partial charge >= 0.3 is 5.97 Å². The van der Waals surface area contributed by atoms with Crippen molar-refractivity contribution < 1.29 is 19.4 Å². The van der Waals surface area contributed by atoms with Crippen molar-refractivity contribution in [1.29, 1.82) is 0 Å². The maximum Gasteiger partial charge on any atom is 0.335 e. The fraction of sp³-hybridized carbons (Fsp3) is 0.273. The predicted molar refractivity (Wildman–Crippen MR) is 62.9 cm³/mol. The van der Waals surface area contributed by atoms with E-state index in [0.717, 1.165) is 0 Å². The van der Waals surface area contributed by atoms with E-state index in [9.17, 15) is 9.59 Å². The molecule has 0 spiro atoms. The highest BCUT2D eigenvalue weighted by Gasteiger charge is 2.08. The molecule has 0 saturated heterocycles. The zero-order valence-electron chi connectivity index (χ0n) is 9.40. The first-order chi connectivity index (χ1) is 8.04. The molecular weight excluding hydrogens is 224 g/mol. The van der Waals surface area contributed by atoms with Crippen LogP contribution in [0.3, 0.4) is 0 Å². The molecule has 0 aliphatic carbocycles. The second-order valence-electron chi connectivity index (χ2n) is 3.29. The summed E-state index contributed by atoms with van der Waals surface area (Å²) in [4.78, 5) is 22.0. The van der Waals surface area contributed by atoms with Crippen LogP contribution < -0.4 is 11.1 Å². The highest BCUT2D eigenvalue weighted by molar-refractivity contribution is 5.96. The summed E-state index contributed by atoms with van der Waals surface area (Å²) in [6, 6.07) is 4.11. The Morgan fingerprint density at radius 2 is 2.18 bits per heavy atom. The maximum absolute atomic E-state index is 11.3. The van der Waals surface area contributed by atoms with E-state index >= 15 is 0 Å². The van der Waals surface area contributed by atoms with Crippen LogP contribution in [0.4, 0.5) is 11.4 Å². The highest BCUT2D eigenvalue weighted by Crippen LogP contribution is 2.19. The van der Waals surface area contributed by atoms with Gasteiger partial charge in [0.1, 0.15) is 6.61 Å². The van der Waals surface area contributed by atoms with Gasteiger partial charge in [-0.25, -0.2) is 4.79 Å². The third-order valence-electron chi connectivity index (χ3n) is 2.01. The third-order valence-corrected chi connectivity index (χ3v) is 2.01. The molecule has 6 nitrogen and oxygen atoms in total. The summed E-state index contributed by atoms with van der Waals surface area (Å²) in [6.07, 6.45) is 0. The van der Waals surface area contributed by atoms with Crippen LogP contribution in [0.5, 0.6) is 0 Å². The van der Waals surface area contributed by atoms with Crippen LogP contribution in [0.1, 0.15) is 17.3 Å². The van der Waals surface area contributed by atoms with Gasteiger partial charge in [-0.15, -0.1) is 0 Å². The second-order valence-corrected chi connectivity index (χ2v) is 3.29. The van der Waals surface area contributed by atoms with Gasteiger partial charge in [-0.1, -0.05) is 0 Å². The molecule has 0 bridgehead atoms. The molecule has 0 radical (unpaired) electrons. The zero-order valence-corrected chi connectivity index (χ0v) is 9.40. The molecule has 0 saturated carbocycles. The fourth-order valence-electron chi connectivity index (χ4n) is 1.19. The quantitative estimate of drug-likeness (QED) is 0.662. The van der Waals surface area contributed by atoms with Crippen molar-refractivity contribution in [3.8, 4) is 0 Å². The molecule has 0 atom stereocenters. The molecule has 0 aromatic heterocycles. The molecule has 1 amide bonds. The monoisotopic (exact) mass is 238 g/mol. The summed E-state index contributed by atoms with van der Waals surface area (Å²) in [5, 5.41) is 11.3. The number of carboxylic acids is 1. The molecule has 1 aromatic carbocycles.